The fourth-order valence-corrected chi connectivity index (χ4v) is 2.76. The molecule has 2 aromatic rings. The van der Waals surface area contributed by atoms with E-state index in [9.17, 15) is 0 Å². The highest BCUT2D eigenvalue weighted by molar-refractivity contribution is 7.07. The second kappa shape index (κ2) is 7.41. The van der Waals surface area contributed by atoms with E-state index >= 15 is 0 Å². The zero-order valence-electron chi connectivity index (χ0n) is 11.7. The molecule has 0 spiro atoms. The molecule has 0 radical (unpaired) electrons. The summed E-state index contributed by atoms with van der Waals surface area (Å²) in [5.41, 5.74) is 5.84. The Morgan fingerprint density at radius 3 is 2.68 bits per heavy atom. The lowest BCUT2D eigenvalue weighted by molar-refractivity contribution is 0.573. The van der Waals surface area contributed by atoms with E-state index in [1.165, 1.54) is 23.2 Å². The third kappa shape index (κ3) is 4.44. The number of rotatable bonds is 7. The average molecular weight is 274 g/mol. The largest absolute Gasteiger partial charge is 0.316 e. The van der Waals surface area contributed by atoms with Gasteiger partial charge in [0.25, 0.3) is 0 Å². The van der Waals surface area contributed by atoms with Crippen LogP contribution in [0.15, 0.2) is 35.2 Å². The molecule has 0 fully saturated rings. The van der Waals surface area contributed by atoms with E-state index in [1.807, 2.05) is 5.51 Å². The van der Waals surface area contributed by atoms with Crippen LogP contribution in [0, 0.1) is 6.92 Å². The lowest BCUT2D eigenvalue weighted by atomic mass is 9.93. The maximum atomic E-state index is 4.42. The van der Waals surface area contributed by atoms with Gasteiger partial charge in [-0.25, -0.2) is 4.98 Å². The smallest absolute Gasteiger partial charge is 0.0794 e. The maximum Gasteiger partial charge on any atom is 0.0794 e. The first kappa shape index (κ1) is 14.2. The molecule has 3 heteroatoms. The van der Waals surface area contributed by atoms with Crippen molar-refractivity contribution in [2.45, 2.75) is 32.6 Å². The number of nitrogens with one attached hydrogen (secondary N) is 1. The van der Waals surface area contributed by atoms with Crippen molar-refractivity contribution in [1.29, 1.82) is 0 Å². The lowest BCUT2D eigenvalue weighted by Crippen LogP contribution is -2.23. The van der Waals surface area contributed by atoms with Crippen molar-refractivity contribution in [1.82, 2.24) is 10.3 Å². The van der Waals surface area contributed by atoms with Gasteiger partial charge in [0.1, 0.15) is 0 Å². The van der Waals surface area contributed by atoms with Crippen LogP contribution in [0.25, 0.3) is 0 Å². The van der Waals surface area contributed by atoms with Crippen LogP contribution in [0.2, 0.25) is 0 Å². The fourth-order valence-electron chi connectivity index (χ4n) is 2.19. The van der Waals surface area contributed by atoms with Gasteiger partial charge in [-0.05, 0) is 31.9 Å². The number of thiazole rings is 1. The normalized spacial score (nSPS) is 12.5. The van der Waals surface area contributed by atoms with Crippen molar-refractivity contribution >= 4 is 11.3 Å². The number of hydrogen-bond donors (Lipinski definition) is 1. The molecule has 0 amide bonds. The minimum Gasteiger partial charge on any atom is -0.316 e. The second-order valence-electron chi connectivity index (χ2n) is 5.00. The first-order chi connectivity index (χ1) is 9.29. The number of nitrogens with zero attached hydrogens (tertiary/aromatic N) is 1. The van der Waals surface area contributed by atoms with Gasteiger partial charge in [0, 0.05) is 17.8 Å². The number of hydrogen-bond acceptors (Lipinski definition) is 3. The Labute approximate surface area is 119 Å². The van der Waals surface area contributed by atoms with Crippen molar-refractivity contribution in [3.63, 3.8) is 0 Å². The molecule has 0 bridgehead atoms. The van der Waals surface area contributed by atoms with E-state index in [0.717, 1.165) is 19.5 Å². The predicted molar refractivity (Wildman–Crippen MR) is 82.9 cm³/mol. The highest BCUT2D eigenvalue weighted by Crippen LogP contribution is 2.21. The predicted octanol–water partition coefficient (Wildman–Crippen LogP) is 3.78. The van der Waals surface area contributed by atoms with Crippen LogP contribution < -0.4 is 5.32 Å². The Morgan fingerprint density at radius 1 is 1.26 bits per heavy atom. The molecule has 1 N–H and O–H groups in total. The summed E-state index contributed by atoms with van der Waals surface area (Å²) in [6.45, 7) is 6.44. The lowest BCUT2D eigenvalue weighted by Gasteiger charge is -2.17. The number of aromatic nitrogens is 1. The third-order valence-corrected chi connectivity index (χ3v) is 3.94. The average Bonchev–Trinajstić information content (AvgIpc) is 2.92. The molecule has 2 nitrogen and oxygen atoms in total. The highest BCUT2D eigenvalue weighted by atomic mass is 32.1. The summed E-state index contributed by atoms with van der Waals surface area (Å²) in [4.78, 5) is 4.42. The molecular weight excluding hydrogens is 252 g/mol. The number of benzene rings is 1. The third-order valence-electron chi connectivity index (χ3n) is 3.31. The topological polar surface area (TPSA) is 24.9 Å². The van der Waals surface area contributed by atoms with Gasteiger partial charge in [0.15, 0.2) is 0 Å². The van der Waals surface area contributed by atoms with Gasteiger partial charge in [-0.1, -0.05) is 36.8 Å². The molecule has 2 rings (SSSR count). The van der Waals surface area contributed by atoms with Crippen LogP contribution >= 0.6 is 11.3 Å². The van der Waals surface area contributed by atoms with Crippen molar-refractivity contribution < 1.29 is 0 Å². The van der Waals surface area contributed by atoms with E-state index in [1.54, 1.807) is 11.3 Å². The molecule has 0 aliphatic carbocycles. The summed E-state index contributed by atoms with van der Waals surface area (Å²) in [6.07, 6.45) is 2.20. The standard InChI is InChI=1S/C16H22N2S/c1-3-8-17-10-15(9-16-11-19-12-18-16)14-6-4-13(2)5-7-14/h4-7,11-12,15,17H,3,8-10H2,1-2H3. The maximum absolute atomic E-state index is 4.42. The zero-order valence-corrected chi connectivity index (χ0v) is 12.5. The summed E-state index contributed by atoms with van der Waals surface area (Å²) < 4.78 is 0. The fraction of sp³-hybridized carbons (Fsp3) is 0.438. The molecule has 102 valence electrons. The Morgan fingerprint density at radius 2 is 2.05 bits per heavy atom. The van der Waals surface area contributed by atoms with Crippen LogP contribution in [-0.4, -0.2) is 18.1 Å². The summed E-state index contributed by atoms with van der Waals surface area (Å²) in [7, 11) is 0. The van der Waals surface area contributed by atoms with Crippen molar-refractivity contribution in [2.75, 3.05) is 13.1 Å². The van der Waals surface area contributed by atoms with Crippen molar-refractivity contribution in [3.05, 3.63) is 52.0 Å². The molecule has 1 heterocycles. The molecule has 0 saturated carbocycles. The minimum absolute atomic E-state index is 0.509. The molecule has 0 aliphatic rings. The first-order valence-electron chi connectivity index (χ1n) is 6.94. The van der Waals surface area contributed by atoms with Crippen molar-refractivity contribution in [3.8, 4) is 0 Å². The van der Waals surface area contributed by atoms with Crippen molar-refractivity contribution in [2.24, 2.45) is 0 Å². The number of aryl methyl sites for hydroxylation is 1. The molecule has 1 aromatic heterocycles. The van der Waals surface area contributed by atoms with E-state index < -0.39 is 0 Å². The van der Waals surface area contributed by atoms with E-state index in [2.05, 4.69) is 53.8 Å². The van der Waals surface area contributed by atoms with E-state index in [4.69, 9.17) is 0 Å². The van der Waals surface area contributed by atoms with Crippen LogP contribution in [0.1, 0.15) is 36.1 Å². The Bertz CT molecular complexity index is 462. The van der Waals surface area contributed by atoms with E-state index in [-0.39, 0.29) is 0 Å². The molecule has 19 heavy (non-hydrogen) atoms. The van der Waals surface area contributed by atoms with Crippen LogP contribution in [0.4, 0.5) is 0 Å². The monoisotopic (exact) mass is 274 g/mol. The Kier molecular flexibility index (Phi) is 5.55. The van der Waals surface area contributed by atoms with Crippen LogP contribution in [0.3, 0.4) is 0 Å². The first-order valence-corrected chi connectivity index (χ1v) is 7.88. The Balaban J connectivity index is 2.06. The van der Waals surface area contributed by atoms with E-state index in [0.29, 0.717) is 5.92 Å². The summed E-state index contributed by atoms with van der Waals surface area (Å²) in [5, 5.41) is 5.69. The molecule has 1 unspecified atom stereocenters. The highest BCUT2D eigenvalue weighted by Gasteiger charge is 2.13. The summed E-state index contributed by atoms with van der Waals surface area (Å²) in [5.74, 6) is 0.509. The molecule has 1 atom stereocenters. The Hall–Kier alpha value is -1.19. The second-order valence-corrected chi connectivity index (χ2v) is 5.71. The quantitative estimate of drug-likeness (QED) is 0.777. The molecule has 0 aliphatic heterocycles. The minimum atomic E-state index is 0.509. The van der Waals surface area contributed by atoms with Crippen LogP contribution in [0.5, 0.6) is 0 Å². The zero-order chi connectivity index (χ0) is 13.5. The summed E-state index contributed by atoms with van der Waals surface area (Å²) >= 11 is 1.68. The van der Waals surface area contributed by atoms with Crippen LogP contribution in [-0.2, 0) is 6.42 Å². The SMILES string of the molecule is CCCNCC(Cc1cscn1)c1ccc(C)cc1. The van der Waals surface area contributed by atoms with Gasteiger partial charge >= 0.3 is 0 Å². The molecular formula is C16H22N2S. The summed E-state index contributed by atoms with van der Waals surface area (Å²) in [6, 6.07) is 8.90. The molecule has 1 aromatic carbocycles. The molecule has 0 saturated heterocycles. The van der Waals surface area contributed by atoms with Gasteiger partial charge in [0.2, 0.25) is 0 Å². The van der Waals surface area contributed by atoms with Gasteiger partial charge < -0.3 is 5.32 Å². The van der Waals surface area contributed by atoms with Gasteiger partial charge in [-0.2, -0.15) is 0 Å². The van der Waals surface area contributed by atoms with Gasteiger partial charge in [-0.15, -0.1) is 11.3 Å². The van der Waals surface area contributed by atoms with Gasteiger partial charge in [0.05, 0.1) is 11.2 Å². The van der Waals surface area contributed by atoms with Gasteiger partial charge in [-0.3, -0.25) is 0 Å².